The summed E-state index contributed by atoms with van der Waals surface area (Å²) in [4.78, 5) is 6.35. The maximum Gasteiger partial charge on any atom is 0.235 e. The quantitative estimate of drug-likeness (QED) is 0.867. The molecule has 1 aliphatic heterocycles. The van der Waals surface area contributed by atoms with Gasteiger partial charge in [0.05, 0.1) is 19.3 Å². The number of ether oxygens (including phenoxy) is 2. The molecule has 2 aromatic rings. The highest BCUT2D eigenvalue weighted by atomic mass is 16.5. The number of rotatable bonds is 3. The number of hydrogen-bond donors (Lipinski definition) is 0. The van der Waals surface area contributed by atoms with Crippen molar-refractivity contribution >= 4 is 5.88 Å². The van der Waals surface area contributed by atoms with Gasteiger partial charge < -0.3 is 18.8 Å². The van der Waals surface area contributed by atoms with Gasteiger partial charge in [0.25, 0.3) is 0 Å². The van der Waals surface area contributed by atoms with Crippen LogP contribution in [0.3, 0.4) is 0 Å². The van der Waals surface area contributed by atoms with E-state index in [0.717, 1.165) is 11.3 Å². The Balaban J connectivity index is 1.92. The zero-order valence-electron chi connectivity index (χ0n) is 13.4. The molecule has 23 heavy (non-hydrogen) atoms. The van der Waals surface area contributed by atoms with Crippen molar-refractivity contribution in [3.05, 3.63) is 30.0 Å². The van der Waals surface area contributed by atoms with Crippen LogP contribution in [0, 0.1) is 11.3 Å². The number of nitriles is 1. The van der Waals surface area contributed by atoms with Crippen LogP contribution in [0.5, 0.6) is 5.75 Å². The summed E-state index contributed by atoms with van der Waals surface area (Å²) in [6, 6.07) is 9.52. The third-order valence-electron chi connectivity index (χ3n) is 3.76. The van der Waals surface area contributed by atoms with Gasteiger partial charge in [0.2, 0.25) is 17.5 Å². The molecule has 0 saturated carbocycles. The molecule has 1 aliphatic rings. The number of morpholine rings is 1. The zero-order chi connectivity index (χ0) is 16.4. The molecular weight excluding hydrogens is 294 g/mol. The first kappa shape index (κ1) is 15.4. The highest BCUT2D eigenvalue weighted by molar-refractivity contribution is 5.60. The largest absolute Gasteiger partial charge is 0.497 e. The average molecular weight is 313 g/mol. The lowest BCUT2D eigenvalue weighted by atomic mass is 10.2. The lowest BCUT2D eigenvalue weighted by molar-refractivity contribution is -0.00638. The lowest BCUT2D eigenvalue weighted by Crippen LogP contribution is -2.45. The maximum absolute atomic E-state index is 9.37. The van der Waals surface area contributed by atoms with E-state index in [1.54, 1.807) is 7.11 Å². The summed E-state index contributed by atoms with van der Waals surface area (Å²) in [5.41, 5.74) is 1.11. The van der Waals surface area contributed by atoms with E-state index in [0.29, 0.717) is 30.6 Å². The first-order chi connectivity index (χ1) is 11.1. The standard InChI is InChI=1S/C17H19N3O3/c1-11-9-20(10-12(2)22-11)17-15(8-18)19-16(23-17)13-4-6-14(21-3)7-5-13/h4-7,11-12H,9-10H2,1-3H3. The summed E-state index contributed by atoms with van der Waals surface area (Å²) in [6.07, 6.45) is 0.166. The number of anilines is 1. The van der Waals surface area contributed by atoms with Gasteiger partial charge >= 0.3 is 0 Å². The van der Waals surface area contributed by atoms with Gasteiger partial charge in [-0.05, 0) is 38.1 Å². The topological polar surface area (TPSA) is 71.5 Å². The van der Waals surface area contributed by atoms with E-state index < -0.39 is 0 Å². The van der Waals surface area contributed by atoms with Gasteiger partial charge in [-0.2, -0.15) is 10.2 Å². The van der Waals surface area contributed by atoms with Crippen LogP contribution >= 0.6 is 0 Å². The van der Waals surface area contributed by atoms with Gasteiger partial charge in [0.15, 0.2) is 0 Å². The smallest absolute Gasteiger partial charge is 0.235 e. The van der Waals surface area contributed by atoms with Crippen LogP contribution in [0.25, 0.3) is 11.5 Å². The number of benzene rings is 1. The third-order valence-corrected chi connectivity index (χ3v) is 3.76. The Morgan fingerprint density at radius 3 is 2.43 bits per heavy atom. The summed E-state index contributed by atoms with van der Waals surface area (Å²) in [5.74, 6) is 1.71. The fraction of sp³-hybridized carbons (Fsp3) is 0.412. The number of hydrogen-bond acceptors (Lipinski definition) is 6. The summed E-state index contributed by atoms with van der Waals surface area (Å²) >= 11 is 0. The molecule has 0 radical (unpaired) electrons. The molecular formula is C17H19N3O3. The van der Waals surface area contributed by atoms with Crippen molar-refractivity contribution in [1.82, 2.24) is 4.98 Å². The van der Waals surface area contributed by atoms with E-state index in [1.165, 1.54) is 0 Å². The summed E-state index contributed by atoms with van der Waals surface area (Å²) in [7, 11) is 1.62. The summed E-state index contributed by atoms with van der Waals surface area (Å²) in [6.45, 7) is 5.37. The number of nitrogens with zero attached hydrogens (tertiary/aromatic N) is 3. The van der Waals surface area contributed by atoms with Crippen LogP contribution in [-0.4, -0.2) is 37.4 Å². The number of methoxy groups -OCH3 is 1. The Kier molecular flexibility index (Phi) is 4.22. The van der Waals surface area contributed by atoms with Crippen molar-refractivity contribution in [2.75, 3.05) is 25.1 Å². The second-order valence-corrected chi connectivity index (χ2v) is 5.68. The first-order valence-corrected chi connectivity index (χ1v) is 7.56. The molecule has 1 aromatic carbocycles. The second-order valence-electron chi connectivity index (χ2n) is 5.68. The van der Waals surface area contributed by atoms with E-state index >= 15 is 0 Å². The van der Waals surface area contributed by atoms with E-state index in [-0.39, 0.29) is 12.2 Å². The average Bonchev–Trinajstić information content (AvgIpc) is 2.98. The van der Waals surface area contributed by atoms with Gasteiger partial charge in [-0.15, -0.1) is 0 Å². The fourth-order valence-corrected chi connectivity index (χ4v) is 2.80. The fourth-order valence-electron chi connectivity index (χ4n) is 2.80. The molecule has 120 valence electrons. The van der Waals surface area contributed by atoms with Crippen LogP contribution in [-0.2, 0) is 4.74 Å². The normalized spacial score (nSPS) is 21.0. The highest BCUT2D eigenvalue weighted by Gasteiger charge is 2.28. The van der Waals surface area contributed by atoms with E-state index in [1.807, 2.05) is 43.0 Å². The third kappa shape index (κ3) is 3.15. The monoisotopic (exact) mass is 313 g/mol. The van der Waals surface area contributed by atoms with Gasteiger partial charge in [-0.25, -0.2) is 0 Å². The lowest BCUT2D eigenvalue weighted by Gasteiger charge is -2.34. The van der Waals surface area contributed by atoms with E-state index in [9.17, 15) is 5.26 Å². The molecule has 6 heteroatoms. The molecule has 0 aliphatic carbocycles. The SMILES string of the molecule is COc1ccc(-c2nc(C#N)c(N3CC(C)OC(C)C3)o2)cc1. The Hall–Kier alpha value is -2.52. The van der Waals surface area contributed by atoms with Crippen molar-refractivity contribution < 1.29 is 13.9 Å². The van der Waals surface area contributed by atoms with Crippen molar-refractivity contribution in [3.8, 4) is 23.3 Å². The van der Waals surface area contributed by atoms with Crippen molar-refractivity contribution in [1.29, 1.82) is 5.26 Å². The number of aromatic nitrogens is 1. The maximum atomic E-state index is 9.37. The van der Waals surface area contributed by atoms with Gasteiger partial charge in [-0.3, -0.25) is 0 Å². The molecule has 2 heterocycles. The molecule has 2 atom stereocenters. The number of oxazole rings is 1. The van der Waals surface area contributed by atoms with Crippen molar-refractivity contribution in [2.24, 2.45) is 0 Å². The Labute approximate surface area is 135 Å². The van der Waals surface area contributed by atoms with Crippen LogP contribution < -0.4 is 9.64 Å². The van der Waals surface area contributed by atoms with Crippen LogP contribution in [0.4, 0.5) is 5.88 Å². The first-order valence-electron chi connectivity index (χ1n) is 7.56. The molecule has 0 amide bonds. The van der Waals surface area contributed by atoms with Crippen LogP contribution in [0.15, 0.2) is 28.7 Å². The molecule has 0 spiro atoms. The van der Waals surface area contributed by atoms with E-state index in [4.69, 9.17) is 13.9 Å². The van der Waals surface area contributed by atoms with Crippen molar-refractivity contribution in [3.63, 3.8) is 0 Å². The van der Waals surface area contributed by atoms with Gasteiger partial charge in [-0.1, -0.05) is 0 Å². The Morgan fingerprint density at radius 2 is 1.87 bits per heavy atom. The van der Waals surface area contributed by atoms with E-state index in [2.05, 4.69) is 11.1 Å². The molecule has 2 unspecified atom stereocenters. The molecule has 0 N–H and O–H groups in total. The molecule has 6 nitrogen and oxygen atoms in total. The molecule has 0 bridgehead atoms. The molecule has 3 rings (SSSR count). The van der Waals surface area contributed by atoms with Crippen molar-refractivity contribution in [2.45, 2.75) is 26.1 Å². The molecule has 1 aromatic heterocycles. The predicted octanol–water partition coefficient (Wildman–Crippen LogP) is 2.84. The molecule has 1 fully saturated rings. The minimum atomic E-state index is 0.0832. The zero-order valence-corrected chi connectivity index (χ0v) is 13.4. The Bertz CT molecular complexity index is 708. The highest BCUT2D eigenvalue weighted by Crippen LogP contribution is 2.30. The van der Waals surface area contributed by atoms with Crippen LogP contribution in [0.1, 0.15) is 19.5 Å². The minimum absolute atomic E-state index is 0.0832. The Morgan fingerprint density at radius 1 is 1.22 bits per heavy atom. The predicted molar refractivity (Wildman–Crippen MR) is 85.4 cm³/mol. The summed E-state index contributed by atoms with van der Waals surface area (Å²) in [5, 5.41) is 9.37. The summed E-state index contributed by atoms with van der Waals surface area (Å²) < 4.78 is 16.8. The molecule has 1 saturated heterocycles. The van der Waals surface area contributed by atoms with Gasteiger partial charge in [0.1, 0.15) is 11.8 Å². The van der Waals surface area contributed by atoms with Crippen LogP contribution in [0.2, 0.25) is 0 Å². The second kappa shape index (κ2) is 6.31. The van der Waals surface area contributed by atoms with Gasteiger partial charge in [0, 0.05) is 18.7 Å². The minimum Gasteiger partial charge on any atom is -0.497 e.